The van der Waals surface area contributed by atoms with Crippen LogP contribution in [0.25, 0.3) is 0 Å². The lowest BCUT2D eigenvalue weighted by Gasteiger charge is -2.08. The van der Waals surface area contributed by atoms with Crippen molar-refractivity contribution in [2.24, 2.45) is 0 Å². The van der Waals surface area contributed by atoms with Gasteiger partial charge in [-0.05, 0) is 50.2 Å². The minimum atomic E-state index is -2.44. The lowest BCUT2D eigenvalue weighted by atomic mass is 10.1. The molecule has 0 radical (unpaired) electrons. The fourth-order valence-electron chi connectivity index (χ4n) is 2.03. The van der Waals surface area contributed by atoms with Crippen molar-refractivity contribution in [3.63, 3.8) is 0 Å². The highest BCUT2D eigenvalue weighted by molar-refractivity contribution is 7.99. The molecular weight excluding hydrogens is 292 g/mol. The third-order valence-electron chi connectivity index (χ3n) is 2.82. The van der Waals surface area contributed by atoms with Crippen molar-refractivity contribution in [3.05, 3.63) is 59.2 Å². The van der Waals surface area contributed by atoms with Gasteiger partial charge in [-0.1, -0.05) is 29.0 Å². The maximum Gasteiger partial charge on any atom is 0.288 e. The Hall–Kier alpha value is -1.88. The maximum absolute atomic E-state index is 12.2. The van der Waals surface area contributed by atoms with E-state index in [4.69, 9.17) is 0 Å². The Morgan fingerprint density at radius 3 is 2.14 bits per heavy atom. The summed E-state index contributed by atoms with van der Waals surface area (Å²) in [4.78, 5) is 12.6. The Morgan fingerprint density at radius 2 is 1.62 bits per heavy atom. The number of aryl methyl sites for hydroxylation is 2. The molecule has 0 aliphatic heterocycles. The third kappa shape index (κ3) is 4.56. The first-order chi connectivity index (χ1) is 9.94. The quantitative estimate of drug-likeness (QED) is 0.816. The van der Waals surface area contributed by atoms with E-state index in [0.717, 1.165) is 11.1 Å². The fraction of sp³-hybridized carbons (Fsp3) is 0.188. The third-order valence-corrected chi connectivity index (χ3v) is 3.54. The van der Waals surface area contributed by atoms with Crippen LogP contribution in [0.3, 0.4) is 0 Å². The van der Waals surface area contributed by atoms with Crippen molar-refractivity contribution in [3.8, 4) is 0 Å². The first-order valence-corrected chi connectivity index (χ1v) is 7.26. The molecule has 0 fully saturated rings. The van der Waals surface area contributed by atoms with Crippen molar-refractivity contribution >= 4 is 23.4 Å². The Balaban J connectivity index is 2.08. The molecule has 0 aliphatic rings. The number of carbonyl (C=O) groups is 1. The summed E-state index contributed by atoms with van der Waals surface area (Å²) in [7, 11) is 0. The lowest BCUT2D eigenvalue weighted by Crippen LogP contribution is -2.12. The van der Waals surface area contributed by atoms with Crippen molar-refractivity contribution in [2.75, 3.05) is 5.32 Å². The van der Waals surface area contributed by atoms with E-state index in [-0.39, 0.29) is 5.91 Å². The van der Waals surface area contributed by atoms with Gasteiger partial charge in [0, 0.05) is 16.1 Å². The SMILES string of the molecule is Cc1cc(C)cc(C(=O)Nc2ccc(SC(F)F)cc2)c1. The number of halogens is 2. The first kappa shape index (κ1) is 15.5. The Morgan fingerprint density at radius 1 is 1.05 bits per heavy atom. The van der Waals surface area contributed by atoms with Gasteiger partial charge in [-0.2, -0.15) is 8.78 Å². The topological polar surface area (TPSA) is 29.1 Å². The molecule has 0 saturated heterocycles. The molecule has 0 spiro atoms. The predicted octanol–water partition coefficient (Wildman–Crippen LogP) is 4.87. The second-order valence-electron chi connectivity index (χ2n) is 4.73. The molecule has 2 nitrogen and oxygen atoms in total. The summed E-state index contributed by atoms with van der Waals surface area (Å²) in [6.07, 6.45) is 0. The molecule has 0 aromatic heterocycles. The van der Waals surface area contributed by atoms with E-state index in [1.165, 1.54) is 0 Å². The molecular formula is C16H15F2NOS. The van der Waals surface area contributed by atoms with Crippen molar-refractivity contribution in [1.82, 2.24) is 0 Å². The number of benzene rings is 2. The smallest absolute Gasteiger partial charge is 0.288 e. The summed E-state index contributed by atoms with van der Waals surface area (Å²) < 4.78 is 24.4. The number of thioether (sulfide) groups is 1. The molecule has 2 aromatic rings. The van der Waals surface area contributed by atoms with Gasteiger partial charge in [-0.3, -0.25) is 4.79 Å². The zero-order valence-electron chi connectivity index (χ0n) is 11.7. The second-order valence-corrected chi connectivity index (χ2v) is 5.80. The predicted molar refractivity (Wildman–Crippen MR) is 82.2 cm³/mol. The number of hydrogen-bond acceptors (Lipinski definition) is 2. The summed E-state index contributed by atoms with van der Waals surface area (Å²) in [5, 5.41) is 2.76. The number of amides is 1. The highest BCUT2D eigenvalue weighted by Gasteiger charge is 2.08. The van der Waals surface area contributed by atoms with Gasteiger partial charge in [0.1, 0.15) is 0 Å². The molecule has 2 rings (SSSR count). The molecule has 0 bridgehead atoms. The highest BCUT2D eigenvalue weighted by atomic mass is 32.2. The van der Waals surface area contributed by atoms with Crippen LogP contribution in [0.5, 0.6) is 0 Å². The van der Waals surface area contributed by atoms with Gasteiger partial charge in [0.2, 0.25) is 0 Å². The minimum Gasteiger partial charge on any atom is -0.322 e. The van der Waals surface area contributed by atoms with Gasteiger partial charge < -0.3 is 5.32 Å². The largest absolute Gasteiger partial charge is 0.322 e. The van der Waals surface area contributed by atoms with E-state index in [0.29, 0.717) is 27.9 Å². The van der Waals surface area contributed by atoms with E-state index in [2.05, 4.69) is 5.32 Å². The van der Waals surface area contributed by atoms with Gasteiger partial charge in [0.15, 0.2) is 0 Å². The normalized spacial score (nSPS) is 10.7. The molecule has 0 heterocycles. The molecule has 110 valence electrons. The van der Waals surface area contributed by atoms with E-state index >= 15 is 0 Å². The van der Waals surface area contributed by atoms with Crippen LogP contribution in [0.4, 0.5) is 14.5 Å². The van der Waals surface area contributed by atoms with E-state index in [1.807, 2.05) is 32.0 Å². The molecule has 0 unspecified atom stereocenters. The zero-order valence-corrected chi connectivity index (χ0v) is 12.5. The number of carbonyl (C=O) groups excluding carboxylic acids is 1. The molecule has 1 N–H and O–H groups in total. The van der Waals surface area contributed by atoms with E-state index < -0.39 is 5.76 Å². The van der Waals surface area contributed by atoms with Crippen molar-refractivity contribution < 1.29 is 13.6 Å². The monoisotopic (exact) mass is 307 g/mol. The minimum absolute atomic E-state index is 0.212. The molecule has 1 amide bonds. The number of rotatable bonds is 4. The van der Waals surface area contributed by atoms with Crippen molar-refractivity contribution in [1.29, 1.82) is 0 Å². The summed E-state index contributed by atoms with van der Waals surface area (Å²) in [5.41, 5.74) is 3.20. The standard InChI is InChI=1S/C16H15F2NOS/c1-10-7-11(2)9-12(8-10)15(20)19-13-3-5-14(6-4-13)21-16(17)18/h3-9,16H,1-2H3,(H,19,20). The zero-order chi connectivity index (χ0) is 15.4. The number of hydrogen-bond donors (Lipinski definition) is 1. The number of alkyl halides is 2. The summed E-state index contributed by atoms with van der Waals surface area (Å²) in [5.74, 6) is -2.66. The molecule has 0 aliphatic carbocycles. The first-order valence-electron chi connectivity index (χ1n) is 6.38. The number of anilines is 1. The maximum atomic E-state index is 12.2. The van der Waals surface area contributed by atoms with Crippen LogP contribution in [0.1, 0.15) is 21.5 Å². The van der Waals surface area contributed by atoms with Gasteiger partial charge in [0.25, 0.3) is 11.7 Å². The van der Waals surface area contributed by atoms with E-state index in [1.54, 1.807) is 24.3 Å². The van der Waals surface area contributed by atoms with Crippen LogP contribution in [-0.2, 0) is 0 Å². The number of nitrogens with one attached hydrogen (secondary N) is 1. The van der Waals surface area contributed by atoms with Crippen LogP contribution >= 0.6 is 11.8 Å². The lowest BCUT2D eigenvalue weighted by molar-refractivity contribution is 0.102. The highest BCUT2D eigenvalue weighted by Crippen LogP contribution is 2.26. The van der Waals surface area contributed by atoms with Crippen LogP contribution in [0.15, 0.2) is 47.4 Å². The molecule has 0 atom stereocenters. The summed E-state index contributed by atoms with van der Waals surface area (Å²) >= 11 is 0.480. The van der Waals surface area contributed by atoms with Crippen molar-refractivity contribution in [2.45, 2.75) is 24.5 Å². The van der Waals surface area contributed by atoms with Crippen LogP contribution in [0, 0.1) is 13.8 Å². The molecule has 5 heteroatoms. The van der Waals surface area contributed by atoms with Crippen LogP contribution < -0.4 is 5.32 Å². The van der Waals surface area contributed by atoms with Gasteiger partial charge in [-0.25, -0.2) is 0 Å². The Kier molecular flexibility index (Phi) is 4.96. The summed E-state index contributed by atoms with van der Waals surface area (Å²) in [6.45, 7) is 3.86. The summed E-state index contributed by atoms with van der Waals surface area (Å²) in [6, 6.07) is 12.0. The van der Waals surface area contributed by atoms with Crippen LogP contribution in [0.2, 0.25) is 0 Å². The Bertz CT molecular complexity index is 621. The molecule has 21 heavy (non-hydrogen) atoms. The van der Waals surface area contributed by atoms with Gasteiger partial charge in [0.05, 0.1) is 0 Å². The molecule has 0 saturated carbocycles. The van der Waals surface area contributed by atoms with E-state index in [9.17, 15) is 13.6 Å². The van der Waals surface area contributed by atoms with Gasteiger partial charge >= 0.3 is 0 Å². The van der Waals surface area contributed by atoms with Gasteiger partial charge in [-0.15, -0.1) is 0 Å². The van der Waals surface area contributed by atoms with Crippen LogP contribution in [-0.4, -0.2) is 11.7 Å². The Labute approximate surface area is 126 Å². The molecule has 2 aromatic carbocycles. The second kappa shape index (κ2) is 6.72. The average molecular weight is 307 g/mol. The fourth-order valence-corrected chi connectivity index (χ4v) is 2.53. The average Bonchev–Trinajstić information content (AvgIpc) is 2.39.